The van der Waals surface area contributed by atoms with Gasteiger partial charge in [0.2, 0.25) is 0 Å². The first-order chi connectivity index (χ1) is 7.28. The maximum Gasteiger partial charge on any atom is 0.422 e. The average molecular weight is 236 g/mol. The second-order valence-corrected chi connectivity index (χ2v) is 3.14. The molecule has 0 aliphatic rings. The van der Waals surface area contributed by atoms with E-state index in [2.05, 4.69) is 4.74 Å². The Kier molecular flexibility index (Phi) is 3.51. The highest BCUT2D eigenvalue weighted by molar-refractivity contribution is 5.94. The number of carbonyl (C=O) groups excluding carboxylic acids is 1. The number of ketones is 1. The second kappa shape index (κ2) is 4.51. The zero-order valence-corrected chi connectivity index (χ0v) is 8.27. The first-order valence-corrected chi connectivity index (χ1v) is 4.29. The Morgan fingerprint density at radius 2 is 1.94 bits per heavy atom. The highest BCUT2D eigenvalue weighted by Gasteiger charge is 2.28. The first kappa shape index (κ1) is 12.5. The van der Waals surface area contributed by atoms with Gasteiger partial charge in [-0.3, -0.25) is 4.79 Å². The van der Waals surface area contributed by atoms with Gasteiger partial charge in [0.15, 0.2) is 12.4 Å². The minimum Gasteiger partial charge on any atom is -0.484 e. The summed E-state index contributed by atoms with van der Waals surface area (Å²) in [6.45, 7) is -0.337. The van der Waals surface area contributed by atoms with Crippen LogP contribution in [-0.2, 0) is 0 Å². The molecule has 1 aromatic rings. The van der Waals surface area contributed by atoms with Gasteiger partial charge in [-0.15, -0.1) is 0 Å². The van der Waals surface area contributed by atoms with Crippen LogP contribution < -0.4 is 4.74 Å². The van der Waals surface area contributed by atoms with Crippen molar-refractivity contribution in [1.29, 1.82) is 0 Å². The summed E-state index contributed by atoms with van der Waals surface area (Å²) in [6, 6.07) is 2.79. The number of halogens is 4. The van der Waals surface area contributed by atoms with E-state index >= 15 is 0 Å². The minimum absolute atomic E-state index is 0.0304. The highest BCUT2D eigenvalue weighted by Crippen LogP contribution is 2.21. The molecule has 0 saturated carbocycles. The largest absolute Gasteiger partial charge is 0.484 e. The third-order valence-corrected chi connectivity index (χ3v) is 1.68. The topological polar surface area (TPSA) is 26.3 Å². The average Bonchev–Trinajstić information content (AvgIpc) is 2.13. The van der Waals surface area contributed by atoms with Crippen LogP contribution in [0.25, 0.3) is 0 Å². The van der Waals surface area contributed by atoms with Crippen molar-refractivity contribution < 1.29 is 27.1 Å². The second-order valence-electron chi connectivity index (χ2n) is 3.14. The maximum atomic E-state index is 12.9. The third kappa shape index (κ3) is 3.88. The Bertz CT molecular complexity index is 398. The molecule has 1 rings (SSSR count). The standard InChI is InChI=1S/C10H8F4O2/c1-6(15)7-2-8(11)4-9(3-7)16-5-10(12,13)14/h2-4H,5H2,1H3. The van der Waals surface area contributed by atoms with E-state index in [1.807, 2.05) is 0 Å². The lowest BCUT2D eigenvalue weighted by Crippen LogP contribution is -2.19. The van der Waals surface area contributed by atoms with E-state index in [-0.39, 0.29) is 11.3 Å². The summed E-state index contributed by atoms with van der Waals surface area (Å²) in [5.74, 6) is -1.58. The molecule has 0 aromatic heterocycles. The van der Waals surface area contributed by atoms with Crippen molar-refractivity contribution in [2.75, 3.05) is 6.61 Å². The van der Waals surface area contributed by atoms with Crippen LogP contribution in [0.3, 0.4) is 0 Å². The van der Waals surface area contributed by atoms with E-state index in [1.165, 1.54) is 6.92 Å². The summed E-state index contributed by atoms with van der Waals surface area (Å²) < 4.78 is 52.7. The van der Waals surface area contributed by atoms with Gasteiger partial charge in [0, 0.05) is 11.6 Å². The summed E-state index contributed by atoms with van der Waals surface area (Å²) in [7, 11) is 0. The van der Waals surface area contributed by atoms with Crippen molar-refractivity contribution in [2.45, 2.75) is 13.1 Å². The molecule has 6 heteroatoms. The van der Waals surface area contributed by atoms with Gasteiger partial charge in [0.05, 0.1) is 0 Å². The molecule has 16 heavy (non-hydrogen) atoms. The maximum absolute atomic E-state index is 12.9. The molecule has 2 nitrogen and oxygen atoms in total. The molecule has 0 aliphatic carbocycles. The predicted octanol–water partition coefficient (Wildman–Crippen LogP) is 2.97. The molecule has 0 heterocycles. The van der Waals surface area contributed by atoms with Crippen LogP contribution in [0, 0.1) is 5.82 Å². The molecule has 88 valence electrons. The molecule has 1 aromatic carbocycles. The number of Topliss-reactive ketones (excluding diaryl/α,β-unsaturated/α-hetero) is 1. The molecule has 0 bridgehead atoms. The van der Waals surface area contributed by atoms with Gasteiger partial charge < -0.3 is 4.74 Å². The number of ether oxygens (including phenoxy) is 1. The van der Waals surface area contributed by atoms with Crippen molar-refractivity contribution in [2.24, 2.45) is 0 Å². The quantitative estimate of drug-likeness (QED) is 0.595. The Morgan fingerprint density at radius 3 is 2.44 bits per heavy atom. The molecule has 0 fully saturated rings. The summed E-state index contributed by atoms with van der Waals surface area (Å²) in [5.41, 5.74) is -0.0304. The highest BCUT2D eigenvalue weighted by atomic mass is 19.4. The van der Waals surface area contributed by atoms with Gasteiger partial charge in [-0.25, -0.2) is 4.39 Å². The van der Waals surface area contributed by atoms with Crippen LogP contribution in [0.5, 0.6) is 5.75 Å². The smallest absolute Gasteiger partial charge is 0.422 e. The van der Waals surface area contributed by atoms with Gasteiger partial charge in [-0.05, 0) is 19.1 Å². The van der Waals surface area contributed by atoms with Gasteiger partial charge in [-0.1, -0.05) is 0 Å². The molecular weight excluding hydrogens is 228 g/mol. The van der Waals surface area contributed by atoms with E-state index in [4.69, 9.17) is 0 Å². The summed E-state index contributed by atoms with van der Waals surface area (Å²) in [5, 5.41) is 0. The van der Waals surface area contributed by atoms with Crippen LogP contribution >= 0.6 is 0 Å². The van der Waals surface area contributed by atoms with Crippen molar-refractivity contribution >= 4 is 5.78 Å². The SMILES string of the molecule is CC(=O)c1cc(F)cc(OCC(F)(F)F)c1. The molecule has 0 unspecified atom stereocenters. The molecule has 0 aliphatic heterocycles. The molecule has 0 saturated heterocycles. The Balaban J connectivity index is 2.85. The van der Waals surface area contributed by atoms with Crippen LogP contribution in [0.1, 0.15) is 17.3 Å². The number of rotatable bonds is 3. The minimum atomic E-state index is -4.50. The van der Waals surface area contributed by atoms with Crippen molar-refractivity contribution in [3.05, 3.63) is 29.6 Å². The lowest BCUT2D eigenvalue weighted by atomic mass is 10.1. The zero-order valence-electron chi connectivity index (χ0n) is 8.27. The van der Waals surface area contributed by atoms with Crippen molar-refractivity contribution in [3.63, 3.8) is 0 Å². The van der Waals surface area contributed by atoms with Crippen molar-refractivity contribution in [3.8, 4) is 5.75 Å². The Hall–Kier alpha value is -1.59. The molecule has 0 atom stereocenters. The number of alkyl halides is 3. The van der Waals surface area contributed by atoms with E-state index in [1.54, 1.807) is 0 Å². The molecule has 0 spiro atoms. The Labute approximate surface area is 88.8 Å². The van der Waals surface area contributed by atoms with Gasteiger partial charge >= 0.3 is 6.18 Å². The van der Waals surface area contributed by atoms with Crippen molar-refractivity contribution in [1.82, 2.24) is 0 Å². The van der Waals surface area contributed by atoms with Gasteiger partial charge in [0.25, 0.3) is 0 Å². The molecule has 0 N–H and O–H groups in total. The number of hydrogen-bond acceptors (Lipinski definition) is 2. The summed E-state index contributed by atoms with van der Waals surface area (Å²) in [6.07, 6.45) is -4.50. The van der Waals surface area contributed by atoms with Crippen LogP contribution in [0.4, 0.5) is 17.6 Å². The van der Waals surface area contributed by atoms with E-state index in [0.29, 0.717) is 0 Å². The van der Waals surface area contributed by atoms with E-state index in [0.717, 1.165) is 18.2 Å². The molecule has 0 radical (unpaired) electrons. The fourth-order valence-electron chi connectivity index (χ4n) is 1.01. The monoisotopic (exact) mass is 236 g/mol. The Morgan fingerprint density at radius 1 is 1.31 bits per heavy atom. The predicted molar refractivity (Wildman–Crippen MR) is 48.0 cm³/mol. The normalized spacial score (nSPS) is 11.3. The number of benzene rings is 1. The van der Waals surface area contributed by atoms with E-state index in [9.17, 15) is 22.4 Å². The molecular formula is C10H8F4O2. The van der Waals surface area contributed by atoms with Crippen LogP contribution in [0.2, 0.25) is 0 Å². The van der Waals surface area contributed by atoms with Gasteiger partial charge in [0.1, 0.15) is 11.6 Å². The number of hydrogen-bond donors (Lipinski definition) is 0. The lowest BCUT2D eigenvalue weighted by Gasteiger charge is -2.09. The summed E-state index contributed by atoms with van der Waals surface area (Å²) in [4.78, 5) is 10.9. The summed E-state index contributed by atoms with van der Waals surface area (Å²) >= 11 is 0. The zero-order chi connectivity index (χ0) is 12.3. The third-order valence-electron chi connectivity index (χ3n) is 1.68. The fraction of sp³-hybridized carbons (Fsp3) is 0.300. The lowest BCUT2D eigenvalue weighted by molar-refractivity contribution is -0.153. The fourth-order valence-corrected chi connectivity index (χ4v) is 1.01. The number of carbonyl (C=O) groups is 1. The molecule has 0 amide bonds. The van der Waals surface area contributed by atoms with Crippen LogP contribution in [0.15, 0.2) is 18.2 Å². The van der Waals surface area contributed by atoms with Crippen LogP contribution in [-0.4, -0.2) is 18.6 Å². The first-order valence-electron chi connectivity index (χ1n) is 4.29. The van der Waals surface area contributed by atoms with Gasteiger partial charge in [-0.2, -0.15) is 13.2 Å². The van der Waals surface area contributed by atoms with E-state index < -0.39 is 24.4 Å².